The maximum absolute atomic E-state index is 12.2. The third-order valence-electron chi connectivity index (χ3n) is 5.36. The van der Waals surface area contributed by atoms with Crippen molar-refractivity contribution in [2.24, 2.45) is 11.8 Å². The zero-order valence-electron chi connectivity index (χ0n) is 14.6. The van der Waals surface area contributed by atoms with E-state index in [0.29, 0.717) is 18.4 Å². The molecule has 0 aromatic heterocycles. The Bertz CT molecular complexity index is 478. The van der Waals surface area contributed by atoms with E-state index >= 15 is 0 Å². The fourth-order valence-corrected chi connectivity index (χ4v) is 5.18. The lowest BCUT2D eigenvalue weighted by Gasteiger charge is -2.28. The number of sulfonamides is 1. The molecule has 0 unspecified atom stereocenters. The molecule has 2 rings (SSSR count). The van der Waals surface area contributed by atoms with Gasteiger partial charge < -0.3 is 4.90 Å². The van der Waals surface area contributed by atoms with Crippen LogP contribution in [0.1, 0.15) is 64.7 Å². The van der Waals surface area contributed by atoms with E-state index in [2.05, 4.69) is 11.6 Å². The first-order valence-electron chi connectivity index (χ1n) is 9.09. The van der Waals surface area contributed by atoms with Crippen LogP contribution in [0.3, 0.4) is 0 Å². The standard InChI is InChI=1S/C17H32N2O3S/c1-14-8-10-16(11-9-14)18-23(21,22)13-17(20)19(2)12-15-6-4-3-5-7-15/h14-16,18H,3-13H2,1-2H3. The normalized spacial score (nSPS) is 26.9. The molecule has 0 aromatic carbocycles. The summed E-state index contributed by atoms with van der Waals surface area (Å²) >= 11 is 0. The first-order chi connectivity index (χ1) is 10.9. The molecule has 134 valence electrons. The van der Waals surface area contributed by atoms with Crippen LogP contribution in [0.25, 0.3) is 0 Å². The fraction of sp³-hybridized carbons (Fsp3) is 0.941. The lowest BCUT2D eigenvalue weighted by Crippen LogP contribution is -2.43. The highest BCUT2D eigenvalue weighted by Crippen LogP contribution is 2.25. The predicted molar refractivity (Wildman–Crippen MR) is 92.6 cm³/mol. The number of nitrogens with one attached hydrogen (secondary N) is 1. The molecule has 0 bridgehead atoms. The van der Waals surface area contributed by atoms with E-state index in [1.165, 1.54) is 19.3 Å². The van der Waals surface area contributed by atoms with Gasteiger partial charge in [-0.15, -0.1) is 0 Å². The lowest BCUT2D eigenvalue weighted by molar-refractivity contribution is -0.127. The third kappa shape index (κ3) is 6.42. The SMILES string of the molecule is CC1CCC(NS(=O)(=O)CC(=O)N(C)CC2CCCCC2)CC1. The molecule has 0 aliphatic heterocycles. The topological polar surface area (TPSA) is 66.5 Å². The van der Waals surface area contributed by atoms with E-state index in [9.17, 15) is 13.2 Å². The predicted octanol–water partition coefficient (Wildman–Crippen LogP) is 2.52. The van der Waals surface area contributed by atoms with Gasteiger partial charge in [0.2, 0.25) is 15.9 Å². The molecular weight excluding hydrogens is 312 g/mol. The smallest absolute Gasteiger partial charge is 0.238 e. The van der Waals surface area contributed by atoms with Crippen molar-refractivity contribution in [1.29, 1.82) is 0 Å². The zero-order chi connectivity index (χ0) is 16.9. The summed E-state index contributed by atoms with van der Waals surface area (Å²) < 4.78 is 27.2. The van der Waals surface area contributed by atoms with Gasteiger partial charge in [0.1, 0.15) is 5.75 Å². The summed E-state index contributed by atoms with van der Waals surface area (Å²) in [6, 6.07) is 0.00708. The van der Waals surface area contributed by atoms with Crippen molar-refractivity contribution in [3.8, 4) is 0 Å². The Labute approximate surface area is 141 Å². The molecule has 0 aromatic rings. The number of amides is 1. The summed E-state index contributed by atoms with van der Waals surface area (Å²) in [6.45, 7) is 2.89. The summed E-state index contributed by atoms with van der Waals surface area (Å²) in [5.74, 6) is 0.516. The Hall–Kier alpha value is -0.620. The van der Waals surface area contributed by atoms with Crippen LogP contribution in [-0.4, -0.2) is 44.6 Å². The lowest BCUT2D eigenvalue weighted by atomic mass is 9.88. The van der Waals surface area contributed by atoms with Gasteiger partial charge in [-0.05, 0) is 50.4 Å². The van der Waals surface area contributed by atoms with E-state index in [-0.39, 0.29) is 11.9 Å². The van der Waals surface area contributed by atoms with Crippen molar-refractivity contribution in [1.82, 2.24) is 9.62 Å². The Kier molecular flexibility index (Phi) is 6.89. The summed E-state index contributed by atoms with van der Waals surface area (Å²) in [5.41, 5.74) is 0. The summed E-state index contributed by atoms with van der Waals surface area (Å²) in [6.07, 6.45) is 9.93. The Morgan fingerprint density at radius 2 is 1.65 bits per heavy atom. The third-order valence-corrected chi connectivity index (χ3v) is 6.68. The highest BCUT2D eigenvalue weighted by molar-refractivity contribution is 7.90. The van der Waals surface area contributed by atoms with Crippen molar-refractivity contribution in [3.63, 3.8) is 0 Å². The van der Waals surface area contributed by atoms with Gasteiger partial charge in [0.25, 0.3) is 0 Å². The van der Waals surface area contributed by atoms with Crippen LogP contribution >= 0.6 is 0 Å². The molecule has 2 aliphatic carbocycles. The highest BCUT2D eigenvalue weighted by Gasteiger charge is 2.26. The summed E-state index contributed by atoms with van der Waals surface area (Å²) in [4.78, 5) is 13.8. The molecule has 0 saturated heterocycles. The van der Waals surface area contributed by atoms with Crippen LogP contribution in [0.2, 0.25) is 0 Å². The quantitative estimate of drug-likeness (QED) is 0.805. The second-order valence-corrected chi connectivity index (χ2v) is 9.37. The van der Waals surface area contributed by atoms with Crippen LogP contribution in [0, 0.1) is 11.8 Å². The second-order valence-electron chi connectivity index (χ2n) is 7.61. The number of nitrogens with zero attached hydrogens (tertiary/aromatic N) is 1. The monoisotopic (exact) mass is 344 g/mol. The van der Waals surface area contributed by atoms with E-state index < -0.39 is 15.8 Å². The average molecular weight is 345 g/mol. The van der Waals surface area contributed by atoms with E-state index in [0.717, 1.165) is 38.5 Å². The highest BCUT2D eigenvalue weighted by atomic mass is 32.2. The molecule has 5 nitrogen and oxygen atoms in total. The number of carbonyl (C=O) groups is 1. The Morgan fingerprint density at radius 1 is 1.04 bits per heavy atom. The minimum Gasteiger partial charge on any atom is -0.345 e. The minimum absolute atomic E-state index is 0.00708. The molecule has 0 radical (unpaired) electrons. The van der Waals surface area contributed by atoms with Crippen molar-refractivity contribution >= 4 is 15.9 Å². The Morgan fingerprint density at radius 3 is 2.26 bits per heavy atom. The molecule has 1 amide bonds. The van der Waals surface area contributed by atoms with Crippen LogP contribution < -0.4 is 4.72 Å². The van der Waals surface area contributed by atoms with Gasteiger partial charge in [-0.2, -0.15) is 0 Å². The molecule has 0 spiro atoms. The molecule has 6 heteroatoms. The first-order valence-corrected chi connectivity index (χ1v) is 10.7. The first kappa shape index (κ1) is 18.7. The molecule has 23 heavy (non-hydrogen) atoms. The van der Waals surface area contributed by atoms with Crippen LogP contribution in [0.5, 0.6) is 0 Å². The van der Waals surface area contributed by atoms with Crippen molar-refractivity contribution in [3.05, 3.63) is 0 Å². The van der Waals surface area contributed by atoms with E-state index in [1.807, 2.05) is 0 Å². The number of hydrogen-bond donors (Lipinski definition) is 1. The number of rotatable bonds is 6. The molecule has 0 heterocycles. The number of carbonyl (C=O) groups excluding carboxylic acids is 1. The number of hydrogen-bond acceptors (Lipinski definition) is 3. The second kappa shape index (κ2) is 8.47. The molecule has 2 saturated carbocycles. The molecule has 2 aliphatic rings. The van der Waals surface area contributed by atoms with E-state index in [4.69, 9.17) is 0 Å². The van der Waals surface area contributed by atoms with Crippen LogP contribution in [0.4, 0.5) is 0 Å². The molecular formula is C17H32N2O3S. The van der Waals surface area contributed by atoms with E-state index in [1.54, 1.807) is 11.9 Å². The molecule has 1 N–H and O–H groups in total. The van der Waals surface area contributed by atoms with Crippen LogP contribution in [0.15, 0.2) is 0 Å². The molecule has 2 fully saturated rings. The van der Waals surface area contributed by atoms with Gasteiger partial charge in [0.05, 0.1) is 0 Å². The maximum atomic E-state index is 12.2. The average Bonchev–Trinajstić information content (AvgIpc) is 2.50. The fourth-order valence-electron chi connectivity index (χ4n) is 3.81. The van der Waals surface area contributed by atoms with Crippen molar-refractivity contribution < 1.29 is 13.2 Å². The minimum atomic E-state index is -3.52. The zero-order valence-corrected chi connectivity index (χ0v) is 15.4. The van der Waals surface area contributed by atoms with Gasteiger partial charge in [-0.25, -0.2) is 13.1 Å². The van der Waals surface area contributed by atoms with Crippen molar-refractivity contribution in [2.75, 3.05) is 19.3 Å². The van der Waals surface area contributed by atoms with Gasteiger partial charge in [-0.3, -0.25) is 4.79 Å². The summed E-state index contributed by atoms with van der Waals surface area (Å²) in [7, 11) is -1.79. The van der Waals surface area contributed by atoms with Gasteiger partial charge in [0.15, 0.2) is 0 Å². The van der Waals surface area contributed by atoms with Gasteiger partial charge in [0, 0.05) is 19.6 Å². The summed E-state index contributed by atoms with van der Waals surface area (Å²) in [5, 5.41) is 0. The van der Waals surface area contributed by atoms with Gasteiger partial charge >= 0.3 is 0 Å². The maximum Gasteiger partial charge on any atom is 0.238 e. The largest absolute Gasteiger partial charge is 0.345 e. The van der Waals surface area contributed by atoms with Crippen LogP contribution in [-0.2, 0) is 14.8 Å². The Balaban J connectivity index is 1.77. The van der Waals surface area contributed by atoms with Crippen molar-refractivity contribution in [2.45, 2.75) is 70.8 Å². The van der Waals surface area contributed by atoms with Gasteiger partial charge in [-0.1, -0.05) is 26.2 Å². The molecule has 0 atom stereocenters.